The fourth-order valence-electron chi connectivity index (χ4n) is 2.20. The number of hydrogen-bond acceptors (Lipinski definition) is 3. The third kappa shape index (κ3) is 2.54. The molecule has 3 nitrogen and oxygen atoms in total. The molecule has 3 rings (SSSR count). The molecule has 2 aromatic rings. The maximum atomic E-state index is 4.77. The van der Waals surface area contributed by atoms with Crippen LogP contribution in [0.25, 0.3) is 10.9 Å². The van der Waals surface area contributed by atoms with E-state index < -0.39 is 0 Å². The third-order valence-electron chi connectivity index (χ3n) is 3.38. The van der Waals surface area contributed by atoms with Crippen molar-refractivity contribution < 1.29 is 0 Å². The van der Waals surface area contributed by atoms with Gasteiger partial charge in [-0.15, -0.1) is 0 Å². The molecule has 0 spiro atoms. The van der Waals surface area contributed by atoms with Gasteiger partial charge in [0.1, 0.15) is 0 Å². The van der Waals surface area contributed by atoms with Crippen molar-refractivity contribution in [2.24, 2.45) is 0 Å². The highest BCUT2D eigenvalue weighted by atomic mass is 32.2. The van der Waals surface area contributed by atoms with Crippen LogP contribution in [0.4, 0.5) is 0 Å². The normalized spacial score (nSPS) is 15.4. The molecule has 1 aliphatic carbocycles. The van der Waals surface area contributed by atoms with Crippen molar-refractivity contribution in [1.29, 1.82) is 0 Å². The minimum atomic E-state index is 0.736. The van der Waals surface area contributed by atoms with Crippen molar-refractivity contribution >= 4 is 22.7 Å². The Morgan fingerprint density at radius 3 is 3.00 bits per heavy atom. The van der Waals surface area contributed by atoms with Crippen LogP contribution < -0.4 is 5.32 Å². The molecule has 18 heavy (non-hydrogen) atoms. The van der Waals surface area contributed by atoms with Crippen molar-refractivity contribution in [3.63, 3.8) is 0 Å². The summed E-state index contributed by atoms with van der Waals surface area (Å²) in [5, 5.41) is 9.62. The number of aromatic nitrogens is 2. The number of benzene rings is 1. The lowest BCUT2D eigenvalue weighted by Gasteiger charge is -2.01. The van der Waals surface area contributed by atoms with Crippen LogP contribution in [-0.2, 0) is 13.1 Å². The van der Waals surface area contributed by atoms with Crippen molar-refractivity contribution in [3.8, 4) is 0 Å². The first-order chi connectivity index (χ1) is 8.88. The van der Waals surface area contributed by atoms with E-state index >= 15 is 0 Å². The number of thioether (sulfide) groups is 1. The molecular formula is C14H19N3S. The molecule has 1 heterocycles. The van der Waals surface area contributed by atoms with E-state index in [0.717, 1.165) is 24.9 Å². The van der Waals surface area contributed by atoms with Crippen LogP contribution in [0.1, 0.15) is 18.5 Å². The van der Waals surface area contributed by atoms with Crippen LogP contribution in [0.15, 0.2) is 24.3 Å². The van der Waals surface area contributed by atoms with E-state index in [0.29, 0.717) is 0 Å². The smallest absolute Gasteiger partial charge is 0.0841 e. The molecule has 0 bridgehead atoms. The molecule has 4 heteroatoms. The van der Waals surface area contributed by atoms with E-state index in [2.05, 4.69) is 40.5 Å². The summed E-state index contributed by atoms with van der Waals surface area (Å²) in [6.45, 7) is 1.89. The molecule has 0 atom stereocenters. The molecule has 0 unspecified atom stereocenters. The van der Waals surface area contributed by atoms with Crippen molar-refractivity contribution in [2.75, 3.05) is 12.0 Å². The van der Waals surface area contributed by atoms with Gasteiger partial charge in [0.25, 0.3) is 0 Å². The number of nitrogens with zero attached hydrogens (tertiary/aromatic N) is 2. The Hall–Kier alpha value is -1.00. The summed E-state index contributed by atoms with van der Waals surface area (Å²) < 4.78 is 2.15. The minimum Gasteiger partial charge on any atom is -0.308 e. The van der Waals surface area contributed by atoms with E-state index in [4.69, 9.17) is 5.10 Å². The summed E-state index contributed by atoms with van der Waals surface area (Å²) in [6, 6.07) is 9.28. The lowest BCUT2D eigenvalue weighted by atomic mass is 10.2. The van der Waals surface area contributed by atoms with Gasteiger partial charge in [0.2, 0.25) is 0 Å². The molecule has 1 aromatic heterocycles. The van der Waals surface area contributed by atoms with Gasteiger partial charge in [-0.1, -0.05) is 18.2 Å². The largest absolute Gasteiger partial charge is 0.308 e. The molecule has 1 fully saturated rings. The highest BCUT2D eigenvalue weighted by Gasteiger charge is 2.21. The Morgan fingerprint density at radius 2 is 2.22 bits per heavy atom. The number of rotatable bonds is 6. The molecule has 96 valence electrons. The van der Waals surface area contributed by atoms with E-state index in [9.17, 15) is 0 Å². The van der Waals surface area contributed by atoms with Crippen LogP contribution >= 0.6 is 11.8 Å². The number of para-hydroxylation sites is 1. The Bertz CT molecular complexity index is 531. The van der Waals surface area contributed by atoms with Crippen LogP contribution in [0, 0.1) is 0 Å². The van der Waals surface area contributed by atoms with Crippen LogP contribution in [0.5, 0.6) is 0 Å². The SMILES string of the molecule is CSCCn1nc(CNC2CC2)c2ccccc21. The summed E-state index contributed by atoms with van der Waals surface area (Å²) in [6.07, 6.45) is 4.79. The molecule has 1 saturated carbocycles. The monoisotopic (exact) mass is 261 g/mol. The second-order valence-electron chi connectivity index (χ2n) is 4.83. The van der Waals surface area contributed by atoms with Crippen molar-refractivity contribution in [2.45, 2.75) is 32.0 Å². The van der Waals surface area contributed by atoms with Gasteiger partial charge >= 0.3 is 0 Å². The summed E-state index contributed by atoms with van der Waals surface area (Å²) in [5.74, 6) is 1.11. The second-order valence-corrected chi connectivity index (χ2v) is 5.82. The summed E-state index contributed by atoms with van der Waals surface area (Å²) in [5.41, 5.74) is 2.46. The quantitative estimate of drug-likeness (QED) is 0.867. The molecule has 0 saturated heterocycles. The molecular weight excluding hydrogens is 242 g/mol. The summed E-state index contributed by atoms with van der Waals surface area (Å²) in [4.78, 5) is 0. The highest BCUT2D eigenvalue weighted by Crippen LogP contribution is 2.22. The number of fused-ring (bicyclic) bond motifs is 1. The van der Waals surface area contributed by atoms with E-state index in [-0.39, 0.29) is 0 Å². The maximum absolute atomic E-state index is 4.77. The molecule has 0 radical (unpaired) electrons. The zero-order valence-electron chi connectivity index (χ0n) is 10.7. The van der Waals surface area contributed by atoms with E-state index in [1.54, 1.807) is 0 Å². The Labute approximate surface area is 112 Å². The lowest BCUT2D eigenvalue weighted by Crippen LogP contribution is -2.16. The topological polar surface area (TPSA) is 29.9 Å². The van der Waals surface area contributed by atoms with E-state index in [1.165, 1.54) is 29.4 Å². The fraction of sp³-hybridized carbons (Fsp3) is 0.500. The second kappa shape index (κ2) is 5.33. The zero-order valence-corrected chi connectivity index (χ0v) is 11.5. The van der Waals surface area contributed by atoms with Gasteiger partial charge in [-0.05, 0) is 25.2 Å². The molecule has 1 aromatic carbocycles. The summed E-state index contributed by atoms with van der Waals surface area (Å²) >= 11 is 1.87. The van der Waals surface area contributed by atoms with Gasteiger partial charge in [0.15, 0.2) is 0 Å². The molecule has 0 amide bonds. The predicted octanol–water partition coefficient (Wildman–Crippen LogP) is 2.65. The number of nitrogens with one attached hydrogen (secondary N) is 1. The first-order valence-corrected chi connectivity index (χ1v) is 7.94. The third-order valence-corrected chi connectivity index (χ3v) is 3.97. The van der Waals surface area contributed by atoms with Gasteiger partial charge in [-0.2, -0.15) is 16.9 Å². The maximum Gasteiger partial charge on any atom is 0.0841 e. The van der Waals surface area contributed by atoms with Crippen LogP contribution in [-0.4, -0.2) is 27.8 Å². The van der Waals surface area contributed by atoms with Crippen molar-refractivity contribution in [3.05, 3.63) is 30.0 Å². The first kappa shape index (κ1) is 12.1. The van der Waals surface area contributed by atoms with Gasteiger partial charge in [0.05, 0.1) is 17.8 Å². The Kier molecular flexibility index (Phi) is 3.57. The van der Waals surface area contributed by atoms with Crippen LogP contribution in [0.3, 0.4) is 0 Å². The fourth-order valence-corrected chi connectivity index (χ4v) is 2.56. The Balaban J connectivity index is 1.86. The minimum absolute atomic E-state index is 0.736. The van der Waals surface area contributed by atoms with Crippen LogP contribution in [0.2, 0.25) is 0 Å². The standard InChI is InChI=1S/C14H19N3S/c1-18-9-8-17-14-5-3-2-4-12(14)13(16-17)10-15-11-6-7-11/h2-5,11,15H,6-10H2,1H3. The van der Waals surface area contributed by atoms with Gasteiger partial charge in [-0.25, -0.2) is 0 Å². The van der Waals surface area contributed by atoms with E-state index in [1.807, 2.05) is 11.8 Å². The Morgan fingerprint density at radius 1 is 1.39 bits per heavy atom. The van der Waals surface area contributed by atoms with Gasteiger partial charge in [-0.3, -0.25) is 4.68 Å². The first-order valence-electron chi connectivity index (χ1n) is 6.55. The molecule has 1 aliphatic rings. The zero-order chi connectivity index (χ0) is 12.4. The van der Waals surface area contributed by atoms with Gasteiger partial charge < -0.3 is 5.32 Å². The number of hydrogen-bond donors (Lipinski definition) is 1. The van der Waals surface area contributed by atoms with Crippen molar-refractivity contribution in [1.82, 2.24) is 15.1 Å². The highest BCUT2D eigenvalue weighted by molar-refractivity contribution is 7.98. The molecule has 0 aliphatic heterocycles. The summed E-state index contributed by atoms with van der Waals surface area (Å²) in [7, 11) is 0. The average Bonchev–Trinajstić information content (AvgIpc) is 3.17. The molecule has 1 N–H and O–H groups in total. The van der Waals surface area contributed by atoms with Gasteiger partial charge in [0, 0.05) is 23.7 Å². The lowest BCUT2D eigenvalue weighted by molar-refractivity contribution is 0.632. The number of aryl methyl sites for hydroxylation is 1. The predicted molar refractivity (Wildman–Crippen MR) is 78.0 cm³/mol. The average molecular weight is 261 g/mol.